The van der Waals surface area contributed by atoms with Crippen molar-refractivity contribution >= 4 is 11.7 Å². The van der Waals surface area contributed by atoms with Crippen LogP contribution in [-0.4, -0.2) is 20.2 Å². The van der Waals surface area contributed by atoms with Crippen molar-refractivity contribution in [3.05, 3.63) is 23.3 Å². The number of carbonyl (C=O) groups excluding carboxylic acids is 1. The second kappa shape index (κ2) is 5.03. The molecule has 16 heavy (non-hydrogen) atoms. The first kappa shape index (κ1) is 11.9. The molecule has 0 atom stereocenters. The molecule has 0 unspecified atom stereocenters. The average Bonchev–Trinajstić information content (AvgIpc) is 2.29. The van der Waals surface area contributed by atoms with Crippen molar-refractivity contribution in [3.63, 3.8) is 0 Å². The third kappa shape index (κ3) is 2.42. The Kier molecular flexibility index (Phi) is 3.72. The van der Waals surface area contributed by atoms with Gasteiger partial charge in [0.15, 0.2) is 0 Å². The molecule has 0 aliphatic heterocycles. The van der Waals surface area contributed by atoms with Gasteiger partial charge in [0.2, 0.25) is 0 Å². The van der Waals surface area contributed by atoms with Gasteiger partial charge in [-0.3, -0.25) is 4.79 Å². The number of hydrogen-bond acceptors (Lipinski definition) is 5. The van der Waals surface area contributed by atoms with Crippen LogP contribution in [0.5, 0.6) is 5.75 Å². The van der Waals surface area contributed by atoms with E-state index in [1.54, 1.807) is 6.07 Å². The molecular formula is C11H12N2O3. The summed E-state index contributed by atoms with van der Waals surface area (Å²) in [5, 5.41) is 8.92. The molecule has 0 aliphatic carbocycles. The number of methoxy groups -OCH3 is 2. The zero-order valence-corrected chi connectivity index (χ0v) is 9.11. The van der Waals surface area contributed by atoms with Gasteiger partial charge in [-0.05, 0) is 11.6 Å². The zero-order valence-electron chi connectivity index (χ0n) is 9.11. The van der Waals surface area contributed by atoms with Crippen molar-refractivity contribution in [2.75, 3.05) is 20.0 Å². The van der Waals surface area contributed by atoms with E-state index in [9.17, 15) is 4.79 Å². The number of nitrogen functional groups attached to an aromatic ring is 1. The minimum absolute atomic E-state index is 0.0214. The van der Waals surface area contributed by atoms with Gasteiger partial charge in [-0.2, -0.15) is 5.26 Å². The summed E-state index contributed by atoms with van der Waals surface area (Å²) in [4.78, 5) is 11.1. The number of anilines is 1. The topological polar surface area (TPSA) is 85.3 Å². The maximum Gasteiger partial charge on any atom is 0.310 e. The fourth-order valence-corrected chi connectivity index (χ4v) is 1.30. The van der Waals surface area contributed by atoms with E-state index >= 15 is 0 Å². The van der Waals surface area contributed by atoms with Crippen LogP contribution in [0.15, 0.2) is 12.1 Å². The molecule has 0 aliphatic rings. The Labute approximate surface area is 93.4 Å². The van der Waals surface area contributed by atoms with Crippen molar-refractivity contribution in [2.24, 2.45) is 0 Å². The fraction of sp³-hybridized carbons (Fsp3) is 0.273. The lowest BCUT2D eigenvalue weighted by Gasteiger charge is -2.08. The first-order valence-electron chi connectivity index (χ1n) is 4.55. The molecule has 0 amide bonds. The Hall–Kier alpha value is -2.22. The van der Waals surface area contributed by atoms with E-state index < -0.39 is 5.97 Å². The first-order valence-corrected chi connectivity index (χ1v) is 4.55. The second-order valence-electron chi connectivity index (χ2n) is 3.12. The number of nitrogens with zero attached hydrogens (tertiary/aromatic N) is 1. The van der Waals surface area contributed by atoms with Crippen molar-refractivity contribution in [2.45, 2.75) is 6.42 Å². The lowest BCUT2D eigenvalue weighted by Crippen LogP contribution is -2.07. The number of nitriles is 1. The monoisotopic (exact) mass is 220 g/mol. The van der Waals surface area contributed by atoms with E-state index in [1.807, 2.05) is 6.07 Å². The van der Waals surface area contributed by atoms with Gasteiger partial charge < -0.3 is 15.2 Å². The largest absolute Gasteiger partial charge is 0.495 e. The van der Waals surface area contributed by atoms with Crippen LogP contribution in [0.1, 0.15) is 11.1 Å². The molecule has 0 heterocycles. The number of esters is 1. The quantitative estimate of drug-likeness (QED) is 0.603. The van der Waals surface area contributed by atoms with E-state index in [0.29, 0.717) is 22.6 Å². The highest BCUT2D eigenvalue weighted by Gasteiger charge is 2.11. The zero-order chi connectivity index (χ0) is 12.1. The Balaban J connectivity index is 3.14. The molecule has 0 saturated heterocycles. The molecule has 1 rings (SSSR count). The first-order chi connectivity index (χ1) is 7.62. The SMILES string of the molecule is COC(=O)Cc1cc(N)c(OC)cc1C#N. The molecular weight excluding hydrogens is 208 g/mol. The van der Waals surface area contributed by atoms with Crippen LogP contribution >= 0.6 is 0 Å². The molecule has 1 aromatic rings. The third-order valence-corrected chi connectivity index (χ3v) is 2.14. The maximum atomic E-state index is 11.1. The summed E-state index contributed by atoms with van der Waals surface area (Å²) >= 11 is 0. The minimum Gasteiger partial charge on any atom is -0.495 e. The molecule has 1 aromatic carbocycles. The van der Waals surface area contributed by atoms with Crippen LogP contribution in [0.2, 0.25) is 0 Å². The van der Waals surface area contributed by atoms with Gasteiger partial charge in [-0.25, -0.2) is 0 Å². The van der Waals surface area contributed by atoms with Crippen LogP contribution in [0, 0.1) is 11.3 Å². The summed E-state index contributed by atoms with van der Waals surface area (Å²) < 4.78 is 9.51. The highest BCUT2D eigenvalue weighted by Crippen LogP contribution is 2.25. The normalized spacial score (nSPS) is 9.31. The van der Waals surface area contributed by atoms with E-state index in [1.165, 1.54) is 20.3 Å². The average molecular weight is 220 g/mol. The summed E-state index contributed by atoms with van der Waals surface area (Å²) in [7, 11) is 2.76. The lowest BCUT2D eigenvalue weighted by atomic mass is 10.0. The van der Waals surface area contributed by atoms with E-state index in [0.717, 1.165) is 0 Å². The number of benzene rings is 1. The van der Waals surface area contributed by atoms with Crippen LogP contribution < -0.4 is 10.5 Å². The smallest absolute Gasteiger partial charge is 0.310 e. The molecule has 2 N–H and O–H groups in total. The highest BCUT2D eigenvalue weighted by molar-refractivity contribution is 5.75. The number of hydrogen-bond donors (Lipinski definition) is 1. The lowest BCUT2D eigenvalue weighted by molar-refractivity contribution is -0.139. The van der Waals surface area contributed by atoms with Crippen molar-refractivity contribution in [1.29, 1.82) is 5.26 Å². The van der Waals surface area contributed by atoms with Crippen LogP contribution in [0.3, 0.4) is 0 Å². The number of nitrogens with two attached hydrogens (primary N) is 1. The Bertz CT molecular complexity index is 449. The van der Waals surface area contributed by atoms with Gasteiger partial charge in [-0.15, -0.1) is 0 Å². The fourth-order valence-electron chi connectivity index (χ4n) is 1.30. The molecule has 5 nitrogen and oxygen atoms in total. The Morgan fingerprint density at radius 2 is 2.19 bits per heavy atom. The standard InChI is InChI=1S/C11H12N2O3/c1-15-10-4-8(6-12)7(3-9(10)13)5-11(14)16-2/h3-4H,5,13H2,1-2H3. The van der Waals surface area contributed by atoms with E-state index in [4.69, 9.17) is 15.7 Å². The molecule has 0 aromatic heterocycles. The van der Waals surface area contributed by atoms with Gasteiger partial charge >= 0.3 is 5.97 Å². The summed E-state index contributed by atoms with van der Waals surface area (Å²) in [6.45, 7) is 0. The van der Waals surface area contributed by atoms with Gasteiger partial charge in [-0.1, -0.05) is 0 Å². The van der Waals surface area contributed by atoms with Crippen LogP contribution in [0.4, 0.5) is 5.69 Å². The predicted octanol–water partition coefficient (Wildman–Crippen LogP) is 0.865. The number of ether oxygens (including phenoxy) is 2. The summed E-state index contributed by atoms with van der Waals surface area (Å²) in [5.74, 6) is 0.00577. The summed E-state index contributed by atoms with van der Waals surface area (Å²) in [6, 6.07) is 5.04. The summed E-state index contributed by atoms with van der Waals surface area (Å²) in [5.41, 5.74) is 6.97. The van der Waals surface area contributed by atoms with Crippen LogP contribution in [0.25, 0.3) is 0 Å². The Morgan fingerprint density at radius 1 is 1.50 bits per heavy atom. The van der Waals surface area contributed by atoms with Gasteiger partial charge in [0, 0.05) is 6.07 Å². The van der Waals surface area contributed by atoms with Crippen molar-refractivity contribution in [1.82, 2.24) is 0 Å². The molecule has 0 spiro atoms. The molecule has 84 valence electrons. The minimum atomic E-state index is -0.416. The third-order valence-electron chi connectivity index (χ3n) is 2.14. The molecule has 0 saturated carbocycles. The molecule has 5 heteroatoms. The maximum absolute atomic E-state index is 11.1. The second-order valence-corrected chi connectivity index (χ2v) is 3.12. The molecule has 0 bridgehead atoms. The number of rotatable bonds is 3. The highest BCUT2D eigenvalue weighted by atomic mass is 16.5. The molecule has 0 radical (unpaired) electrons. The number of carbonyl (C=O) groups is 1. The van der Waals surface area contributed by atoms with Gasteiger partial charge in [0.25, 0.3) is 0 Å². The van der Waals surface area contributed by atoms with Crippen LogP contribution in [-0.2, 0) is 16.0 Å². The van der Waals surface area contributed by atoms with E-state index in [-0.39, 0.29) is 6.42 Å². The van der Waals surface area contributed by atoms with Gasteiger partial charge in [0.1, 0.15) is 5.75 Å². The summed E-state index contributed by atoms with van der Waals surface area (Å²) in [6.07, 6.45) is 0.0214. The Morgan fingerprint density at radius 3 is 2.69 bits per heavy atom. The van der Waals surface area contributed by atoms with E-state index in [2.05, 4.69) is 4.74 Å². The molecule has 0 fully saturated rings. The van der Waals surface area contributed by atoms with Crippen molar-refractivity contribution < 1.29 is 14.3 Å². The van der Waals surface area contributed by atoms with Crippen molar-refractivity contribution in [3.8, 4) is 11.8 Å². The van der Waals surface area contributed by atoms with Gasteiger partial charge in [0.05, 0.1) is 38.0 Å². The predicted molar refractivity (Wildman–Crippen MR) is 57.8 cm³/mol.